The molecule has 214 valence electrons. The van der Waals surface area contributed by atoms with Crippen LogP contribution in [0.3, 0.4) is 0 Å². The van der Waals surface area contributed by atoms with Crippen molar-refractivity contribution in [3.8, 4) is 0 Å². The first-order valence-electron chi connectivity index (χ1n) is 12.1. The minimum atomic E-state index is -6.40. The number of alkyl halides is 6. The molecule has 14 heteroatoms. The number of halogens is 6. The summed E-state index contributed by atoms with van der Waals surface area (Å²) in [5.41, 5.74) is -9.44. The molecule has 0 saturated heterocycles. The predicted molar refractivity (Wildman–Crippen MR) is 117 cm³/mol. The molecule has 0 aromatic heterocycles. The van der Waals surface area contributed by atoms with Gasteiger partial charge in [0.25, 0.3) is 10.1 Å². The first-order valence-corrected chi connectivity index (χ1v) is 13.7. The zero-order chi connectivity index (χ0) is 28.5. The molecule has 0 aliphatic heterocycles. The highest BCUT2D eigenvalue weighted by atomic mass is 32.2. The summed E-state index contributed by atoms with van der Waals surface area (Å²) < 4.78 is 124. The molecule has 1 N–H and O–H groups in total. The SMILES string of the molecule is CCC(C)(C(=O)OC12CC3CC(C1)CC(C(=O)OC(CS(=O)(=O)O)(C(F)(F)F)C(F)(F)F)(C3)C2)C(C)C. The fourth-order valence-electron chi connectivity index (χ4n) is 6.63. The van der Waals surface area contributed by atoms with Gasteiger partial charge in [-0.25, -0.2) is 0 Å². The lowest BCUT2D eigenvalue weighted by Crippen LogP contribution is -2.66. The van der Waals surface area contributed by atoms with E-state index in [-0.39, 0.29) is 37.0 Å². The number of carbonyl (C=O) groups excluding carboxylic acids is 2. The van der Waals surface area contributed by atoms with Gasteiger partial charge in [-0.15, -0.1) is 0 Å². The number of ether oxygens (including phenoxy) is 2. The van der Waals surface area contributed by atoms with Crippen molar-refractivity contribution in [2.45, 2.75) is 96.2 Å². The third kappa shape index (κ3) is 5.20. The lowest BCUT2D eigenvalue weighted by atomic mass is 9.47. The fraction of sp³-hybridized carbons (Fsp3) is 0.913. The molecule has 4 aliphatic carbocycles. The lowest BCUT2D eigenvalue weighted by molar-refractivity contribution is -0.364. The van der Waals surface area contributed by atoms with Crippen molar-refractivity contribution in [2.24, 2.45) is 28.6 Å². The number of carbonyl (C=O) groups is 2. The van der Waals surface area contributed by atoms with Crippen LogP contribution in [0.25, 0.3) is 0 Å². The van der Waals surface area contributed by atoms with Gasteiger partial charge >= 0.3 is 29.9 Å². The summed E-state index contributed by atoms with van der Waals surface area (Å²) in [7, 11) is -5.89. The van der Waals surface area contributed by atoms with E-state index in [9.17, 15) is 44.3 Å². The molecule has 0 aromatic rings. The zero-order valence-corrected chi connectivity index (χ0v) is 21.8. The molecule has 7 nitrogen and oxygen atoms in total. The number of esters is 2. The molecule has 0 spiro atoms. The third-order valence-electron chi connectivity index (χ3n) is 8.79. The van der Waals surface area contributed by atoms with Crippen LogP contribution in [0, 0.1) is 28.6 Å². The van der Waals surface area contributed by atoms with E-state index in [2.05, 4.69) is 4.74 Å². The molecule has 3 unspecified atom stereocenters. The summed E-state index contributed by atoms with van der Waals surface area (Å²) in [6.07, 6.45) is -11.6. The van der Waals surface area contributed by atoms with Crippen LogP contribution < -0.4 is 0 Å². The Labute approximate surface area is 211 Å². The Morgan fingerprint density at radius 3 is 1.86 bits per heavy atom. The van der Waals surface area contributed by atoms with Gasteiger partial charge in [-0.1, -0.05) is 20.8 Å². The van der Waals surface area contributed by atoms with E-state index in [0.29, 0.717) is 25.7 Å². The number of rotatable bonds is 8. The maximum atomic E-state index is 13.8. The molecule has 4 rings (SSSR count). The predicted octanol–water partition coefficient (Wildman–Crippen LogP) is 5.24. The first kappa shape index (κ1) is 30.0. The summed E-state index contributed by atoms with van der Waals surface area (Å²) in [5.74, 6) is -6.07. The molecule has 0 amide bonds. The minimum Gasteiger partial charge on any atom is -0.459 e. The Bertz CT molecular complexity index is 1010. The van der Waals surface area contributed by atoms with Crippen molar-refractivity contribution < 1.29 is 58.4 Å². The van der Waals surface area contributed by atoms with E-state index in [4.69, 9.17) is 9.29 Å². The Hall–Kier alpha value is -1.57. The van der Waals surface area contributed by atoms with Crippen LogP contribution in [0.5, 0.6) is 0 Å². The summed E-state index contributed by atoms with van der Waals surface area (Å²) in [6, 6.07) is 0. The first-order chi connectivity index (χ1) is 16.5. The van der Waals surface area contributed by atoms with E-state index in [1.807, 2.05) is 13.8 Å². The van der Waals surface area contributed by atoms with Gasteiger partial charge in [0.15, 0.2) is 0 Å². The Kier molecular flexibility index (Phi) is 7.28. The number of hydrogen-bond donors (Lipinski definition) is 1. The highest BCUT2D eigenvalue weighted by Gasteiger charge is 2.77. The highest BCUT2D eigenvalue weighted by Crippen LogP contribution is 2.64. The van der Waals surface area contributed by atoms with Gasteiger partial charge in [0, 0.05) is 6.42 Å². The van der Waals surface area contributed by atoms with Gasteiger partial charge in [-0.05, 0) is 63.2 Å². The van der Waals surface area contributed by atoms with E-state index in [0.717, 1.165) is 0 Å². The second-order valence-electron chi connectivity index (χ2n) is 11.7. The lowest BCUT2D eigenvalue weighted by Gasteiger charge is -2.60. The Balaban J connectivity index is 1.99. The van der Waals surface area contributed by atoms with Gasteiger partial charge in [-0.2, -0.15) is 34.8 Å². The van der Waals surface area contributed by atoms with Crippen LogP contribution >= 0.6 is 0 Å². The second-order valence-corrected chi connectivity index (χ2v) is 13.1. The summed E-state index contributed by atoms with van der Waals surface area (Å²) in [4.78, 5) is 26.5. The largest absolute Gasteiger partial charge is 0.459 e. The van der Waals surface area contributed by atoms with Gasteiger partial charge in [0.1, 0.15) is 11.4 Å². The van der Waals surface area contributed by atoms with Crippen molar-refractivity contribution in [1.82, 2.24) is 0 Å². The molecule has 4 fully saturated rings. The standard InChI is InChI=1S/C23H32F6O7S/c1-5-18(4,13(2)3)16(30)35-20-9-14-6-15(10-20)8-19(7-14,11-20)17(31)36-21(22(24,25)26,23(27,28)29)12-37(32,33)34/h13-15H,5-12H2,1-4H3,(H,32,33,34). The van der Waals surface area contributed by atoms with Crippen molar-refractivity contribution in [1.29, 1.82) is 0 Å². The van der Waals surface area contributed by atoms with Crippen molar-refractivity contribution in [2.75, 3.05) is 5.75 Å². The normalized spacial score (nSPS) is 31.8. The van der Waals surface area contributed by atoms with Crippen LogP contribution in [0.4, 0.5) is 26.3 Å². The molecule has 37 heavy (non-hydrogen) atoms. The summed E-state index contributed by atoms with van der Waals surface area (Å²) in [6.45, 7) is 7.16. The van der Waals surface area contributed by atoms with E-state index < -0.39 is 62.2 Å². The molecule has 4 aliphatic rings. The zero-order valence-electron chi connectivity index (χ0n) is 21.0. The minimum absolute atomic E-state index is 0.0749. The second kappa shape index (κ2) is 8.99. The highest BCUT2D eigenvalue weighted by molar-refractivity contribution is 7.85. The molecular weight excluding hydrogens is 534 g/mol. The maximum Gasteiger partial charge on any atom is 0.438 e. The smallest absolute Gasteiger partial charge is 0.438 e. The monoisotopic (exact) mass is 566 g/mol. The van der Waals surface area contributed by atoms with Crippen LogP contribution in [-0.4, -0.2) is 54.2 Å². The Morgan fingerprint density at radius 1 is 1.00 bits per heavy atom. The molecule has 3 atom stereocenters. The van der Waals surface area contributed by atoms with Gasteiger partial charge in [-0.3, -0.25) is 14.1 Å². The van der Waals surface area contributed by atoms with Crippen molar-refractivity contribution in [3.63, 3.8) is 0 Å². The molecule has 4 bridgehead atoms. The molecule has 0 aromatic carbocycles. The Morgan fingerprint density at radius 2 is 1.49 bits per heavy atom. The fourth-order valence-corrected chi connectivity index (χ4v) is 7.53. The number of hydrogen-bond acceptors (Lipinski definition) is 6. The average Bonchev–Trinajstić information content (AvgIpc) is 2.68. The van der Waals surface area contributed by atoms with Gasteiger partial charge < -0.3 is 9.47 Å². The molecule has 0 heterocycles. The summed E-state index contributed by atoms with van der Waals surface area (Å²) in [5, 5.41) is 0. The topological polar surface area (TPSA) is 107 Å². The molecule has 0 radical (unpaired) electrons. The maximum absolute atomic E-state index is 13.8. The third-order valence-corrected chi connectivity index (χ3v) is 9.56. The van der Waals surface area contributed by atoms with E-state index in [1.165, 1.54) is 0 Å². The molecular formula is C23H32F6O7S. The van der Waals surface area contributed by atoms with Crippen LogP contribution in [0.2, 0.25) is 0 Å². The summed E-state index contributed by atoms with van der Waals surface area (Å²) >= 11 is 0. The van der Waals surface area contributed by atoms with Gasteiger partial charge in [0.05, 0.1) is 10.8 Å². The van der Waals surface area contributed by atoms with E-state index in [1.54, 1.807) is 13.8 Å². The average molecular weight is 567 g/mol. The van der Waals surface area contributed by atoms with Gasteiger partial charge in [0.2, 0.25) is 0 Å². The van der Waals surface area contributed by atoms with Crippen molar-refractivity contribution >= 4 is 22.1 Å². The quantitative estimate of drug-likeness (QED) is 0.243. The van der Waals surface area contributed by atoms with E-state index >= 15 is 0 Å². The van der Waals surface area contributed by atoms with Crippen molar-refractivity contribution in [3.05, 3.63) is 0 Å². The van der Waals surface area contributed by atoms with Crippen LogP contribution in [0.1, 0.15) is 72.6 Å². The molecule has 4 saturated carbocycles. The van der Waals surface area contributed by atoms with Crippen LogP contribution in [-0.2, 0) is 29.2 Å². The van der Waals surface area contributed by atoms with Crippen LogP contribution in [0.15, 0.2) is 0 Å².